The number of hydrogen-bond acceptors (Lipinski definition) is 2. The molecule has 1 amide bonds. The van der Waals surface area contributed by atoms with E-state index in [4.69, 9.17) is 28.9 Å². The highest BCUT2D eigenvalue weighted by molar-refractivity contribution is 6.30. The van der Waals surface area contributed by atoms with Gasteiger partial charge in [0, 0.05) is 16.8 Å². The summed E-state index contributed by atoms with van der Waals surface area (Å²) in [6.07, 6.45) is 1.35. The monoisotopic (exact) mass is 293 g/mol. The fourth-order valence-electron chi connectivity index (χ4n) is 1.36. The first-order valence-corrected chi connectivity index (χ1v) is 6.08. The third kappa shape index (κ3) is 3.53. The number of aliphatic imine (C=N–C) groups is 1. The van der Waals surface area contributed by atoms with E-state index in [1.807, 2.05) is 0 Å². The maximum absolute atomic E-state index is 11.8. The second kappa shape index (κ2) is 5.82. The van der Waals surface area contributed by atoms with Crippen molar-refractivity contribution in [2.75, 3.05) is 0 Å². The topological polar surface area (TPSA) is 68.3 Å². The standard InChI is InChI=1S/C13H9Cl2N3O/c14-10-4-1-8(2-5-10)12(16)18-13(19)9-3-6-11(15)17-7-9/h1-7H,(H2,16,18,19). The van der Waals surface area contributed by atoms with E-state index in [0.29, 0.717) is 21.3 Å². The minimum atomic E-state index is -0.475. The number of carbonyl (C=O) groups is 1. The number of halogens is 2. The largest absolute Gasteiger partial charge is 0.383 e. The fourth-order valence-corrected chi connectivity index (χ4v) is 1.60. The lowest BCUT2D eigenvalue weighted by atomic mass is 10.2. The molecule has 1 aromatic heterocycles. The summed E-state index contributed by atoms with van der Waals surface area (Å²) in [7, 11) is 0. The van der Waals surface area contributed by atoms with Gasteiger partial charge in [-0.2, -0.15) is 4.99 Å². The zero-order valence-electron chi connectivity index (χ0n) is 9.68. The Morgan fingerprint density at radius 2 is 1.68 bits per heavy atom. The van der Waals surface area contributed by atoms with Crippen LogP contribution < -0.4 is 5.73 Å². The maximum Gasteiger partial charge on any atom is 0.280 e. The van der Waals surface area contributed by atoms with Crippen molar-refractivity contribution in [1.29, 1.82) is 0 Å². The molecule has 0 fully saturated rings. The number of amides is 1. The number of aromatic nitrogens is 1. The number of hydrogen-bond donors (Lipinski definition) is 1. The van der Waals surface area contributed by atoms with Crippen molar-refractivity contribution < 1.29 is 4.79 Å². The molecule has 0 aliphatic carbocycles. The van der Waals surface area contributed by atoms with Crippen molar-refractivity contribution in [3.63, 3.8) is 0 Å². The van der Waals surface area contributed by atoms with Gasteiger partial charge >= 0.3 is 0 Å². The van der Waals surface area contributed by atoms with Crippen LogP contribution in [0.25, 0.3) is 0 Å². The first kappa shape index (κ1) is 13.5. The number of nitrogens with two attached hydrogens (primary N) is 1. The number of benzene rings is 1. The Bertz CT molecular complexity index is 621. The Morgan fingerprint density at radius 3 is 2.26 bits per heavy atom. The molecule has 0 saturated heterocycles. The van der Waals surface area contributed by atoms with Gasteiger partial charge in [0.15, 0.2) is 0 Å². The molecule has 2 aromatic rings. The van der Waals surface area contributed by atoms with Crippen LogP contribution in [0.4, 0.5) is 0 Å². The number of carbonyl (C=O) groups excluding carboxylic acids is 1. The Kier molecular flexibility index (Phi) is 4.14. The second-order valence-corrected chi connectivity index (χ2v) is 4.50. The van der Waals surface area contributed by atoms with Crippen molar-refractivity contribution in [3.05, 3.63) is 63.9 Å². The molecule has 6 heteroatoms. The van der Waals surface area contributed by atoms with Gasteiger partial charge < -0.3 is 5.73 Å². The van der Waals surface area contributed by atoms with Crippen molar-refractivity contribution in [1.82, 2.24) is 4.98 Å². The molecule has 2 rings (SSSR count). The number of nitrogens with zero attached hydrogens (tertiary/aromatic N) is 2. The molecule has 96 valence electrons. The van der Waals surface area contributed by atoms with Crippen LogP contribution in [-0.2, 0) is 0 Å². The highest BCUT2D eigenvalue weighted by Crippen LogP contribution is 2.10. The van der Waals surface area contributed by atoms with Crippen LogP contribution >= 0.6 is 23.2 Å². The molecule has 0 bridgehead atoms. The zero-order chi connectivity index (χ0) is 13.8. The van der Waals surface area contributed by atoms with Gasteiger partial charge in [-0.25, -0.2) is 4.98 Å². The minimum absolute atomic E-state index is 0.122. The predicted molar refractivity (Wildman–Crippen MR) is 75.8 cm³/mol. The molecule has 0 aliphatic rings. The van der Waals surface area contributed by atoms with E-state index < -0.39 is 5.91 Å². The Hall–Kier alpha value is -1.91. The molecule has 0 aliphatic heterocycles. The van der Waals surface area contributed by atoms with Gasteiger partial charge in [-0.05, 0) is 36.4 Å². The molecule has 19 heavy (non-hydrogen) atoms. The summed E-state index contributed by atoms with van der Waals surface area (Å²) < 4.78 is 0. The van der Waals surface area contributed by atoms with Crippen molar-refractivity contribution >= 4 is 34.9 Å². The lowest BCUT2D eigenvalue weighted by Crippen LogP contribution is -2.15. The average Bonchev–Trinajstić information content (AvgIpc) is 2.40. The summed E-state index contributed by atoms with van der Waals surface area (Å²) in [5.74, 6) is -0.353. The molecule has 4 nitrogen and oxygen atoms in total. The van der Waals surface area contributed by atoms with Gasteiger partial charge in [0.2, 0.25) is 0 Å². The maximum atomic E-state index is 11.8. The Balaban J connectivity index is 2.22. The van der Waals surface area contributed by atoms with E-state index >= 15 is 0 Å². The molecular weight excluding hydrogens is 285 g/mol. The van der Waals surface area contributed by atoms with Gasteiger partial charge in [0.25, 0.3) is 5.91 Å². The smallest absolute Gasteiger partial charge is 0.280 e. The Labute approximate surface area is 119 Å². The van der Waals surface area contributed by atoms with Gasteiger partial charge in [-0.1, -0.05) is 23.2 Å². The van der Waals surface area contributed by atoms with Gasteiger partial charge in [-0.3, -0.25) is 4.79 Å². The van der Waals surface area contributed by atoms with Gasteiger partial charge in [-0.15, -0.1) is 0 Å². The molecule has 2 N–H and O–H groups in total. The van der Waals surface area contributed by atoms with Crippen LogP contribution in [0, 0.1) is 0 Å². The molecule has 1 heterocycles. The molecule has 0 radical (unpaired) electrons. The first-order valence-electron chi connectivity index (χ1n) is 5.32. The number of amidine groups is 1. The SMILES string of the molecule is NC(=NC(=O)c1ccc(Cl)nc1)c1ccc(Cl)cc1. The second-order valence-electron chi connectivity index (χ2n) is 3.68. The molecule has 1 aromatic carbocycles. The third-order valence-electron chi connectivity index (χ3n) is 2.34. The molecule has 0 atom stereocenters. The zero-order valence-corrected chi connectivity index (χ0v) is 11.2. The van der Waals surface area contributed by atoms with Crippen LogP contribution in [0.15, 0.2) is 47.6 Å². The fraction of sp³-hybridized carbons (Fsp3) is 0. The third-order valence-corrected chi connectivity index (χ3v) is 2.81. The Morgan fingerprint density at radius 1 is 1.05 bits per heavy atom. The van der Waals surface area contributed by atoms with Crippen LogP contribution in [0.5, 0.6) is 0 Å². The van der Waals surface area contributed by atoms with Crippen molar-refractivity contribution in [2.45, 2.75) is 0 Å². The van der Waals surface area contributed by atoms with E-state index in [-0.39, 0.29) is 5.84 Å². The summed E-state index contributed by atoms with van der Waals surface area (Å²) in [5, 5.41) is 0.899. The number of pyridine rings is 1. The lowest BCUT2D eigenvalue weighted by molar-refractivity contribution is 0.100. The summed E-state index contributed by atoms with van der Waals surface area (Å²) >= 11 is 11.4. The van der Waals surface area contributed by atoms with E-state index in [1.165, 1.54) is 18.3 Å². The summed E-state index contributed by atoms with van der Waals surface area (Å²) in [5.41, 5.74) is 6.70. The average molecular weight is 294 g/mol. The highest BCUT2D eigenvalue weighted by Gasteiger charge is 2.07. The highest BCUT2D eigenvalue weighted by atomic mass is 35.5. The van der Waals surface area contributed by atoms with E-state index in [0.717, 1.165) is 0 Å². The molecule has 0 unspecified atom stereocenters. The lowest BCUT2D eigenvalue weighted by Gasteiger charge is -2.01. The molecule has 0 saturated carbocycles. The van der Waals surface area contributed by atoms with Crippen LogP contribution in [0.3, 0.4) is 0 Å². The van der Waals surface area contributed by atoms with Crippen LogP contribution in [0.2, 0.25) is 10.2 Å². The van der Waals surface area contributed by atoms with E-state index in [2.05, 4.69) is 9.98 Å². The first-order chi connectivity index (χ1) is 9.06. The number of rotatable bonds is 2. The minimum Gasteiger partial charge on any atom is -0.383 e. The normalized spacial score (nSPS) is 11.4. The van der Waals surface area contributed by atoms with Crippen molar-refractivity contribution in [3.8, 4) is 0 Å². The van der Waals surface area contributed by atoms with Crippen LogP contribution in [-0.4, -0.2) is 16.7 Å². The quantitative estimate of drug-likeness (QED) is 0.526. The molecular formula is C13H9Cl2N3O. The summed E-state index contributed by atoms with van der Waals surface area (Å²) in [4.78, 5) is 19.4. The van der Waals surface area contributed by atoms with Gasteiger partial charge in [0.05, 0.1) is 5.56 Å². The van der Waals surface area contributed by atoms with Gasteiger partial charge in [0.1, 0.15) is 11.0 Å². The predicted octanol–water partition coefficient (Wildman–Crippen LogP) is 2.93. The van der Waals surface area contributed by atoms with Crippen molar-refractivity contribution in [2.24, 2.45) is 10.7 Å². The van der Waals surface area contributed by atoms with Crippen LogP contribution in [0.1, 0.15) is 15.9 Å². The van der Waals surface area contributed by atoms with E-state index in [1.54, 1.807) is 24.3 Å². The molecule has 0 spiro atoms. The van der Waals surface area contributed by atoms with E-state index in [9.17, 15) is 4.79 Å². The summed E-state index contributed by atoms with van der Waals surface area (Å²) in [6, 6.07) is 9.78. The summed E-state index contributed by atoms with van der Waals surface area (Å²) in [6.45, 7) is 0.